The number of aromatic nitrogens is 2. The predicted octanol–water partition coefficient (Wildman–Crippen LogP) is 2.00. The van der Waals surface area contributed by atoms with Crippen molar-refractivity contribution in [3.63, 3.8) is 0 Å². The van der Waals surface area contributed by atoms with Gasteiger partial charge < -0.3 is 10.0 Å². The van der Waals surface area contributed by atoms with Gasteiger partial charge in [0.2, 0.25) is 0 Å². The molecule has 0 atom stereocenters. The van der Waals surface area contributed by atoms with Gasteiger partial charge in [-0.2, -0.15) is 5.10 Å². The van der Waals surface area contributed by atoms with Crippen LogP contribution in [-0.2, 0) is 13.0 Å². The molecule has 1 heterocycles. The van der Waals surface area contributed by atoms with Gasteiger partial charge in [0.05, 0.1) is 6.61 Å². The molecule has 21 heavy (non-hydrogen) atoms. The standard InChI is InChI=1S/C16H21N3O2/c1-2-6-14-11-15(18-17-14)16(21)19(9-10-20)12-13-7-4-3-5-8-13/h3-5,7-8,11,20H,2,6,9-10,12H2,1H3,(H,17,18). The van der Waals surface area contributed by atoms with Crippen LogP contribution in [0.2, 0.25) is 0 Å². The molecule has 0 aliphatic heterocycles. The van der Waals surface area contributed by atoms with E-state index in [2.05, 4.69) is 17.1 Å². The summed E-state index contributed by atoms with van der Waals surface area (Å²) in [6.07, 6.45) is 1.87. The molecule has 1 aromatic heterocycles. The maximum absolute atomic E-state index is 12.5. The Morgan fingerprint density at radius 3 is 2.76 bits per heavy atom. The van der Waals surface area contributed by atoms with Crippen molar-refractivity contribution in [1.82, 2.24) is 15.1 Å². The molecule has 0 aliphatic carbocycles. The Kier molecular flexibility index (Phi) is 5.51. The van der Waals surface area contributed by atoms with Crippen molar-refractivity contribution in [2.24, 2.45) is 0 Å². The fourth-order valence-corrected chi connectivity index (χ4v) is 2.21. The number of nitrogens with zero attached hydrogens (tertiary/aromatic N) is 2. The smallest absolute Gasteiger partial charge is 0.274 e. The molecule has 0 bridgehead atoms. The quantitative estimate of drug-likeness (QED) is 0.818. The van der Waals surface area contributed by atoms with E-state index in [0.717, 1.165) is 24.1 Å². The highest BCUT2D eigenvalue weighted by Gasteiger charge is 2.18. The van der Waals surface area contributed by atoms with E-state index in [-0.39, 0.29) is 12.5 Å². The van der Waals surface area contributed by atoms with Gasteiger partial charge in [-0.3, -0.25) is 9.89 Å². The lowest BCUT2D eigenvalue weighted by Gasteiger charge is -2.20. The van der Waals surface area contributed by atoms with E-state index in [0.29, 0.717) is 18.8 Å². The Hall–Kier alpha value is -2.14. The second kappa shape index (κ2) is 7.59. The van der Waals surface area contributed by atoms with Crippen LogP contribution in [-0.4, -0.2) is 39.3 Å². The summed E-state index contributed by atoms with van der Waals surface area (Å²) < 4.78 is 0. The van der Waals surface area contributed by atoms with Crippen LogP contribution in [0.3, 0.4) is 0 Å². The van der Waals surface area contributed by atoms with Gasteiger partial charge in [-0.15, -0.1) is 0 Å². The zero-order valence-electron chi connectivity index (χ0n) is 12.2. The molecule has 1 aromatic carbocycles. The number of aliphatic hydroxyl groups is 1. The molecule has 2 N–H and O–H groups in total. The Balaban J connectivity index is 2.10. The summed E-state index contributed by atoms with van der Waals surface area (Å²) in [6, 6.07) is 11.5. The number of aromatic amines is 1. The van der Waals surface area contributed by atoms with Crippen molar-refractivity contribution in [1.29, 1.82) is 0 Å². The minimum atomic E-state index is -0.161. The predicted molar refractivity (Wildman–Crippen MR) is 80.9 cm³/mol. The average Bonchev–Trinajstić information content (AvgIpc) is 2.96. The van der Waals surface area contributed by atoms with Crippen LogP contribution in [0.15, 0.2) is 36.4 Å². The maximum Gasteiger partial charge on any atom is 0.274 e. The topological polar surface area (TPSA) is 69.2 Å². The number of carbonyl (C=O) groups excluding carboxylic acids is 1. The van der Waals surface area contributed by atoms with Crippen molar-refractivity contribution in [2.75, 3.05) is 13.2 Å². The van der Waals surface area contributed by atoms with Gasteiger partial charge in [-0.25, -0.2) is 0 Å². The zero-order valence-corrected chi connectivity index (χ0v) is 12.2. The first kappa shape index (κ1) is 15.3. The summed E-state index contributed by atoms with van der Waals surface area (Å²) in [5.74, 6) is -0.161. The van der Waals surface area contributed by atoms with Crippen molar-refractivity contribution in [2.45, 2.75) is 26.3 Å². The van der Waals surface area contributed by atoms with Gasteiger partial charge in [0.15, 0.2) is 0 Å². The Morgan fingerprint density at radius 1 is 1.33 bits per heavy atom. The number of H-pyrrole nitrogens is 1. The normalized spacial score (nSPS) is 10.6. The summed E-state index contributed by atoms with van der Waals surface area (Å²) in [7, 11) is 0. The zero-order chi connectivity index (χ0) is 15.1. The van der Waals surface area contributed by atoms with Crippen molar-refractivity contribution in [3.05, 3.63) is 53.3 Å². The molecule has 0 aliphatic rings. The molecule has 2 aromatic rings. The van der Waals surface area contributed by atoms with E-state index in [9.17, 15) is 9.90 Å². The number of rotatable bonds is 7. The molecule has 112 valence electrons. The number of amides is 1. The highest BCUT2D eigenvalue weighted by molar-refractivity contribution is 5.92. The van der Waals surface area contributed by atoms with E-state index in [4.69, 9.17) is 0 Å². The van der Waals surface area contributed by atoms with Gasteiger partial charge in [0.25, 0.3) is 5.91 Å². The fraction of sp³-hybridized carbons (Fsp3) is 0.375. The Bertz CT molecular complexity index is 566. The number of nitrogens with one attached hydrogen (secondary N) is 1. The fourth-order valence-electron chi connectivity index (χ4n) is 2.21. The van der Waals surface area contributed by atoms with Crippen molar-refractivity contribution < 1.29 is 9.90 Å². The molecule has 0 saturated heterocycles. The number of aliphatic hydroxyl groups excluding tert-OH is 1. The van der Waals surface area contributed by atoms with Crippen molar-refractivity contribution in [3.8, 4) is 0 Å². The molecule has 5 heteroatoms. The number of carbonyl (C=O) groups is 1. The van der Waals surface area contributed by atoms with Crippen LogP contribution < -0.4 is 0 Å². The SMILES string of the molecule is CCCc1cc(C(=O)N(CCO)Cc2ccccc2)n[nH]1. The second-order valence-corrected chi connectivity index (χ2v) is 4.96. The van der Waals surface area contributed by atoms with E-state index in [1.807, 2.05) is 30.3 Å². The summed E-state index contributed by atoms with van der Waals surface area (Å²) in [5.41, 5.74) is 2.40. The first-order valence-electron chi connectivity index (χ1n) is 7.23. The van der Waals surface area contributed by atoms with Gasteiger partial charge in [0.1, 0.15) is 5.69 Å². The largest absolute Gasteiger partial charge is 0.395 e. The van der Waals surface area contributed by atoms with Crippen LogP contribution in [0, 0.1) is 0 Å². The lowest BCUT2D eigenvalue weighted by Crippen LogP contribution is -2.33. The third-order valence-corrected chi connectivity index (χ3v) is 3.24. The molecule has 0 radical (unpaired) electrons. The minimum absolute atomic E-state index is 0.0647. The number of benzene rings is 1. The van der Waals surface area contributed by atoms with Crippen LogP contribution in [0.1, 0.15) is 35.1 Å². The minimum Gasteiger partial charge on any atom is -0.395 e. The highest BCUT2D eigenvalue weighted by Crippen LogP contribution is 2.10. The average molecular weight is 287 g/mol. The molecule has 1 amide bonds. The summed E-state index contributed by atoms with van der Waals surface area (Å²) in [5, 5.41) is 16.1. The van der Waals surface area contributed by atoms with E-state index < -0.39 is 0 Å². The number of aryl methyl sites for hydroxylation is 1. The first-order chi connectivity index (χ1) is 10.2. The van der Waals surface area contributed by atoms with Crippen molar-refractivity contribution >= 4 is 5.91 Å². The second-order valence-electron chi connectivity index (χ2n) is 4.96. The maximum atomic E-state index is 12.5. The van der Waals surface area contributed by atoms with E-state index in [1.54, 1.807) is 11.0 Å². The lowest BCUT2D eigenvalue weighted by atomic mass is 10.2. The Morgan fingerprint density at radius 2 is 2.10 bits per heavy atom. The highest BCUT2D eigenvalue weighted by atomic mass is 16.3. The molecular formula is C16H21N3O2. The molecular weight excluding hydrogens is 266 g/mol. The van der Waals surface area contributed by atoms with Crippen LogP contribution in [0.4, 0.5) is 0 Å². The van der Waals surface area contributed by atoms with Gasteiger partial charge in [-0.1, -0.05) is 43.7 Å². The number of hydrogen-bond donors (Lipinski definition) is 2. The summed E-state index contributed by atoms with van der Waals surface area (Å²) in [6.45, 7) is 2.78. The first-order valence-corrected chi connectivity index (χ1v) is 7.23. The van der Waals surface area contributed by atoms with Gasteiger partial charge in [0, 0.05) is 18.8 Å². The van der Waals surface area contributed by atoms with E-state index >= 15 is 0 Å². The molecule has 0 saturated carbocycles. The monoisotopic (exact) mass is 287 g/mol. The Labute approximate surface area is 124 Å². The molecule has 5 nitrogen and oxygen atoms in total. The van der Waals surface area contributed by atoms with Crippen LogP contribution in [0.25, 0.3) is 0 Å². The molecule has 2 rings (SSSR count). The van der Waals surface area contributed by atoms with Gasteiger partial charge in [-0.05, 0) is 18.1 Å². The van der Waals surface area contributed by atoms with Crippen LogP contribution >= 0.6 is 0 Å². The summed E-state index contributed by atoms with van der Waals surface area (Å²) >= 11 is 0. The summed E-state index contributed by atoms with van der Waals surface area (Å²) in [4.78, 5) is 14.1. The van der Waals surface area contributed by atoms with E-state index in [1.165, 1.54) is 0 Å². The number of hydrogen-bond acceptors (Lipinski definition) is 3. The van der Waals surface area contributed by atoms with Crippen LogP contribution in [0.5, 0.6) is 0 Å². The third-order valence-electron chi connectivity index (χ3n) is 3.24. The molecule has 0 spiro atoms. The lowest BCUT2D eigenvalue weighted by molar-refractivity contribution is 0.0702. The third kappa shape index (κ3) is 4.16. The van der Waals surface area contributed by atoms with Gasteiger partial charge >= 0.3 is 0 Å². The molecule has 0 unspecified atom stereocenters. The molecule has 0 fully saturated rings.